The molecule has 0 aliphatic carbocycles. The molecule has 32 heavy (non-hydrogen) atoms. The first-order valence-electron chi connectivity index (χ1n) is 9.26. The average molecular weight is 444 g/mol. The van der Waals surface area contributed by atoms with Gasteiger partial charge in [-0.25, -0.2) is 8.78 Å². The number of hydrogen-bond acceptors (Lipinski definition) is 4. The van der Waals surface area contributed by atoms with Crippen LogP contribution >= 0.6 is 0 Å². The van der Waals surface area contributed by atoms with E-state index in [0.717, 1.165) is 24.3 Å². The molecule has 0 amide bonds. The van der Waals surface area contributed by atoms with Gasteiger partial charge in [0.1, 0.15) is 12.4 Å². The smallest absolute Gasteiger partial charge is 0.416 e. The van der Waals surface area contributed by atoms with E-state index in [1.54, 1.807) is 0 Å². The Morgan fingerprint density at radius 2 is 1.66 bits per heavy atom. The van der Waals surface area contributed by atoms with Crippen molar-refractivity contribution >= 4 is 16.8 Å². The van der Waals surface area contributed by atoms with Crippen molar-refractivity contribution in [3.05, 3.63) is 101 Å². The lowest BCUT2D eigenvalue weighted by Gasteiger charge is -2.12. The Hall–Kier alpha value is -3.88. The Morgan fingerprint density at radius 3 is 2.41 bits per heavy atom. The fourth-order valence-electron chi connectivity index (χ4n) is 3.10. The van der Waals surface area contributed by atoms with Crippen LogP contribution < -0.4 is 4.74 Å². The normalized spacial score (nSPS) is 11.5. The molecule has 0 atom stereocenters. The molecule has 4 rings (SSSR count). The Bertz CT molecular complexity index is 1320. The van der Waals surface area contributed by atoms with Gasteiger partial charge in [0.15, 0.2) is 17.3 Å². The summed E-state index contributed by atoms with van der Waals surface area (Å²) in [6, 6.07) is 10.4. The maximum absolute atomic E-state index is 15.0. The summed E-state index contributed by atoms with van der Waals surface area (Å²) < 4.78 is 73.1. The minimum Gasteiger partial charge on any atom is -0.486 e. The lowest BCUT2D eigenvalue weighted by atomic mass is 10.0. The maximum atomic E-state index is 15.0. The zero-order valence-corrected chi connectivity index (χ0v) is 16.2. The van der Waals surface area contributed by atoms with Crippen LogP contribution in [0.2, 0.25) is 0 Å². The van der Waals surface area contributed by atoms with Gasteiger partial charge in [0.25, 0.3) is 0 Å². The van der Waals surface area contributed by atoms with Gasteiger partial charge in [-0.1, -0.05) is 12.1 Å². The molecule has 0 aliphatic rings. The number of ketones is 1. The number of carbonyl (C=O) groups is 1. The van der Waals surface area contributed by atoms with Crippen LogP contribution in [0.3, 0.4) is 0 Å². The summed E-state index contributed by atoms with van der Waals surface area (Å²) in [5.41, 5.74) is -0.724. The molecular formula is C23H13F5N2O2. The number of aromatic nitrogens is 2. The number of ether oxygens (including phenoxy) is 1. The standard InChI is InChI=1S/C23H13F5N2O2/c24-16-5-7-19(32-12-13-2-1-3-15(10-13)23(26,27)28)21(25)20(16)22(31)14-4-6-17-18(11-14)30-9-8-29-17/h1-11H,12H2. The second-order valence-electron chi connectivity index (χ2n) is 6.81. The summed E-state index contributed by atoms with van der Waals surface area (Å²) in [6.45, 7) is -0.411. The van der Waals surface area contributed by atoms with E-state index in [4.69, 9.17) is 4.74 Å². The predicted octanol–water partition coefficient (Wildman–Crippen LogP) is 5.74. The summed E-state index contributed by atoms with van der Waals surface area (Å²) in [4.78, 5) is 20.9. The number of benzene rings is 3. The minimum atomic E-state index is -4.54. The minimum absolute atomic E-state index is 0.00849. The molecular weight excluding hydrogens is 431 g/mol. The molecule has 0 aliphatic heterocycles. The number of carbonyl (C=O) groups excluding carboxylic acids is 1. The van der Waals surface area contributed by atoms with Gasteiger partial charge in [-0.15, -0.1) is 0 Å². The molecule has 4 nitrogen and oxygen atoms in total. The van der Waals surface area contributed by atoms with Crippen molar-refractivity contribution in [3.63, 3.8) is 0 Å². The monoisotopic (exact) mass is 444 g/mol. The molecule has 4 aromatic rings. The number of halogens is 5. The summed E-state index contributed by atoms with van der Waals surface area (Å²) in [5, 5.41) is 0. The van der Waals surface area contributed by atoms with E-state index in [2.05, 4.69) is 9.97 Å². The predicted molar refractivity (Wildman–Crippen MR) is 105 cm³/mol. The number of nitrogens with zero attached hydrogens (tertiary/aromatic N) is 2. The number of fused-ring (bicyclic) bond motifs is 1. The molecule has 0 N–H and O–H groups in total. The molecule has 1 aromatic heterocycles. The first kappa shape index (κ1) is 21.4. The zero-order valence-electron chi connectivity index (χ0n) is 16.2. The van der Waals surface area contributed by atoms with Crippen LogP contribution in [0.4, 0.5) is 22.0 Å². The first-order chi connectivity index (χ1) is 15.2. The molecule has 0 radical (unpaired) electrons. The SMILES string of the molecule is O=C(c1ccc2nccnc2c1)c1c(F)ccc(OCc2cccc(C(F)(F)F)c2)c1F. The zero-order chi connectivity index (χ0) is 22.9. The highest BCUT2D eigenvalue weighted by molar-refractivity contribution is 6.10. The average Bonchev–Trinajstić information content (AvgIpc) is 2.78. The summed E-state index contributed by atoms with van der Waals surface area (Å²) in [5.74, 6) is -3.75. The highest BCUT2D eigenvalue weighted by atomic mass is 19.4. The van der Waals surface area contributed by atoms with E-state index in [0.29, 0.717) is 11.0 Å². The summed E-state index contributed by atoms with van der Waals surface area (Å²) >= 11 is 0. The Balaban J connectivity index is 1.62. The third kappa shape index (κ3) is 4.27. The largest absolute Gasteiger partial charge is 0.486 e. The Kier molecular flexibility index (Phi) is 5.56. The van der Waals surface area contributed by atoms with Gasteiger partial charge < -0.3 is 4.74 Å². The van der Waals surface area contributed by atoms with E-state index in [1.165, 1.54) is 42.7 Å². The topological polar surface area (TPSA) is 52.1 Å². The van der Waals surface area contributed by atoms with Crippen molar-refractivity contribution in [1.29, 1.82) is 0 Å². The van der Waals surface area contributed by atoms with E-state index >= 15 is 0 Å². The van der Waals surface area contributed by atoms with Gasteiger partial charge in [0.05, 0.1) is 22.2 Å². The quantitative estimate of drug-likeness (QED) is 0.291. The molecule has 9 heteroatoms. The number of hydrogen-bond donors (Lipinski definition) is 0. The molecule has 162 valence electrons. The molecule has 0 bridgehead atoms. The van der Waals surface area contributed by atoms with Crippen LogP contribution in [0, 0.1) is 11.6 Å². The summed E-state index contributed by atoms with van der Waals surface area (Å²) in [7, 11) is 0. The van der Waals surface area contributed by atoms with Gasteiger partial charge in [0.2, 0.25) is 0 Å². The molecule has 1 heterocycles. The highest BCUT2D eigenvalue weighted by Gasteiger charge is 2.30. The molecule has 0 spiro atoms. The summed E-state index contributed by atoms with van der Waals surface area (Å²) in [6.07, 6.45) is -1.66. The lowest BCUT2D eigenvalue weighted by Crippen LogP contribution is -2.10. The van der Waals surface area contributed by atoms with Crippen LogP contribution in [0.15, 0.2) is 67.0 Å². The lowest BCUT2D eigenvalue weighted by molar-refractivity contribution is -0.137. The van der Waals surface area contributed by atoms with E-state index < -0.39 is 47.1 Å². The van der Waals surface area contributed by atoms with Crippen molar-refractivity contribution in [1.82, 2.24) is 9.97 Å². The maximum Gasteiger partial charge on any atom is 0.416 e. The van der Waals surface area contributed by atoms with Crippen LogP contribution in [0.25, 0.3) is 11.0 Å². The number of rotatable bonds is 5. The van der Waals surface area contributed by atoms with Gasteiger partial charge in [-0.2, -0.15) is 13.2 Å². The van der Waals surface area contributed by atoms with Crippen LogP contribution in [0.1, 0.15) is 27.0 Å². The van der Waals surface area contributed by atoms with E-state index in [1.807, 2.05) is 0 Å². The van der Waals surface area contributed by atoms with Crippen LogP contribution in [0.5, 0.6) is 5.75 Å². The van der Waals surface area contributed by atoms with Gasteiger partial charge in [0, 0.05) is 18.0 Å². The van der Waals surface area contributed by atoms with Gasteiger partial charge in [-0.3, -0.25) is 14.8 Å². The van der Waals surface area contributed by atoms with Crippen molar-refractivity contribution in [2.75, 3.05) is 0 Å². The van der Waals surface area contributed by atoms with E-state index in [9.17, 15) is 26.7 Å². The van der Waals surface area contributed by atoms with Crippen molar-refractivity contribution in [3.8, 4) is 5.75 Å². The second-order valence-corrected chi connectivity index (χ2v) is 6.81. The second kappa shape index (κ2) is 8.33. The first-order valence-corrected chi connectivity index (χ1v) is 9.26. The Labute approximate surface area is 178 Å². The molecule has 0 saturated heterocycles. The molecule has 3 aromatic carbocycles. The molecule has 0 fully saturated rings. The fourth-order valence-corrected chi connectivity index (χ4v) is 3.10. The molecule has 0 saturated carbocycles. The van der Waals surface area contributed by atoms with Crippen LogP contribution in [-0.4, -0.2) is 15.8 Å². The third-order valence-electron chi connectivity index (χ3n) is 4.66. The van der Waals surface area contributed by atoms with Crippen LogP contribution in [-0.2, 0) is 12.8 Å². The highest BCUT2D eigenvalue weighted by Crippen LogP contribution is 2.30. The Morgan fingerprint density at radius 1 is 0.906 bits per heavy atom. The van der Waals surface area contributed by atoms with Crippen molar-refractivity contribution in [2.45, 2.75) is 12.8 Å². The van der Waals surface area contributed by atoms with Crippen molar-refractivity contribution in [2.24, 2.45) is 0 Å². The number of alkyl halides is 3. The van der Waals surface area contributed by atoms with Crippen molar-refractivity contribution < 1.29 is 31.5 Å². The fraction of sp³-hybridized carbons (Fsp3) is 0.0870. The van der Waals surface area contributed by atoms with E-state index in [-0.39, 0.29) is 11.1 Å². The van der Waals surface area contributed by atoms with Gasteiger partial charge >= 0.3 is 6.18 Å². The third-order valence-corrected chi connectivity index (χ3v) is 4.66. The molecule has 0 unspecified atom stereocenters. The van der Waals surface area contributed by atoms with Gasteiger partial charge in [-0.05, 0) is 48.0 Å².